The van der Waals surface area contributed by atoms with Gasteiger partial charge in [-0.2, -0.15) is 0 Å². The average Bonchev–Trinajstić information content (AvgIpc) is 2.90. The molecule has 212 valence electrons. The first kappa shape index (κ1) is 30.5. The lowest BCUT2D eigenvalue weighted by Gasteiger charge is -2.32. The maximum atomic E-state index is 13.8. The van der Waals surface area contributed by atoms with Crippen LogP contribution in [-0.2, 0) is 20.8 Å². The molecule has 7 heteroatoms. The third kappa shape index (κ3) is 8.76. The highest BCUT2D eigenvalue weighted by molar-refractivity contribution is 5.90. The summed E-state index contributed by atoms with van der Waals surface area (Å²) in [6, 6.07) is 22.5. The number of amides is 2. The second-order valence-electron chi connectivity index (χ2n) is 11.3. The molecule has 0 bridgehead atoms. The van der Waals surface area contributed by atoms with Gasteiger partial charge in [-0.1, -0.05) is 87.5 Å². The molecule has 3 N–H and O–H groups in total. The van der Waals surface area contributed by atoms with E-state index in [0.717, 1.165) is 22.3 Å². The summed E-state index contributed by atoms with van der Waals surface area (Å²) < 4.78 is 13.8. The standard InChI is InChI=1S/C33H39FN2O4/c1-22(23-12-6-5-7-13-23)35-32(40)30(33(2,3)4)36-31(39)26(21-29(37)38)17-10-15-24-14-8-9-19-28(24)25-16-11-18-27(34)20-25/h5-9,11-14,16,18-20,22,26,30H,10,15,17,21H2,1-4H3,(H,35,40)(H,36,39)(H,37,38). The number of carboxylic acids is 1. The Balaban J connectivity index is 1.70. The minimum atomic E-state index is -1.07. The Morgan fingerprint density at radius 1 is 0.875 bits per heavy atom. The van der Waals surface area contributed by atoms with Crippen molar-refractivity contribution in [1.29, 1.82) is 0 Å². The van der Waals surface area contributed by atoms with Crippen LogP contribution >= 0.6 is 0 Å². The molecular formula is C33H39FN2O4. The molecule has 0 saturated heterocycles. The van der Waals surface area contributed by atoms with Crippen molar-refractivity contribution in [2.45, 2.75) is 65.5 Å². The minimum Gasteiger partial charge on any atom is -0.481 e. The molecule has 3 atom stereocenters. The lowest BCUT2D eigenvalue weighted by atomic mass is 9.85. The molecule has 0 aliphatic carbocycles. The van der Waals surface area contributed by atoms with Gasteiger partial charge < -0.3 is 15.7 Å². The van der Waals surface area contributed by atoms with Crippen molar-refractivity contribution in [3.8, 4) is 11.1 Å². The van der Waals surface area contributed by atoms with Crippen molar-refractivity contribution in [2.75, 3.05) is 0 Å². The summed E-state index contributed by atoms with van der Waals surface area (Å²) in [5.74, 6) is -2.97. The maximum absolute atomic E-state index is 13.8. The van der Waals surface area contributed by atoms with Gasteiger partial charge in [-0.25, -0.2) is 4.39 Å². The SMILES string of the molecule is CC(NC(=O)C(NC(=O)C(CCCc1ccccc1-c1cccc(F)c1)CC(=O)O)C(C)(C)C)c1ccccc1. The van der Waals surface area contributed by atoms with E-state index in [1.54, 1.807) is 6.07 Å². The number of hydrogen-bond acceptors (Lipinski definition) is 3. The normalized spacial score (nSPS) is 13.6. The summed E-state index contributed by atoms with van der Waals surface area (Å²) in [6.07, 6.45) is 1.13. The molecule has 0 heterocycles. The van der Waals surface area contributed by atoms with E-state index < -0.39 is 29.3 Å². The van der Waals surface area contributed by atoms with Gasteiger partial charge in [0, 0.05) is 5.92 Å². The summed E-state index contributed by atoms with van der Waals surface area (Å²) in [5, 5.41) is 15.4. The van der Waals surface area contributed by atoms with Crippen LogP contribution < -0.4 is 10.6 Å². The van der Waals surface area contributed by atoms with E-state index in [4.69, 9.17) is 0 Å². The Hall–Kier alpha value is -4.00. The molecule has 3 rings (SSSR count). The number of benzene rings is 3. The highest BCUT2D eigenvalue weighted by Crippen LogP contribution is 2.27. The van der Waals surface area contributed by atoms with Crippen LogP contribution in [0.1, 0.15) is 64.1 Å². The molecule has 0 radical (unpaired) electrons. The first-order valence-corrected chi connectivity index (χ1v) is 13.7. The number of halogens is 1. The van der Waals surface area contributed by atoms with Crippen LogP contribution in [0.15, 0.2) is 78.9 Å². The first-order valence-electron chi connectivity index (χ1n) is 13.7. The molecule has 0 aromatic heterocycles. The molecule has 0 aliphatic rings. The number of aliphatic carboxylic acids is 1. The average molecular weight is 547 g/mol. The largest absolute Gasteiger partial charge is 0.481 e. The quantitative estimate of drug-likeness (QED) is 0.248. The van der Waals surface area contributed by atoms with E-state index in [1.165, 1.54) is 12.1 Å². The van der Waals surface area contributed by atoms with Crippen molar-refractivity contribution < 1.29 is 23.9 Å². The third-order valence-corrected chi connectivity index (χ3v) is 7.02. The van der Waals surface area contributed by atoms with Crippen molar-refractivity contribution >= 4 is 17.8 Å². The van der Waals surface area contributed by atoms with Crippen molar-refractivity contribution in [2.24, 2.45) is 11.3 Å². The third-order valence-electron chi connectivity index (χ3n) is 7.02. The molecule has 6 nitrogen and oxygen atoms in total. The molecule has 0 spiro atoms. The fourth-order valence-electron chi connectivity index (χ4n) is 4.81. The van der Waals surface area contributed by atoms with Crippen LogP contribution in [0.2, 0.25) is 0 Å². The Morgan fingerprint density at radius 3 is 2.20 bits per heavy atom. The zero-order chi connectivity index (χ0) is 29.3. The number of rotatable bonds is 12. The van der Waals surface area contributed by atoms with Gasteiger partial charge in [0.1, 0.15) is 11.9 Å². The zero-order valence-electron chi connectivity index (χ0n) is 23.6. The van der Waals surface area contributed by atoms with Crippen molar-refractivity contribution in [3.05, 3.63) is 95.8 Å². The fourth-order valence-corrected chi connectivity index (χ4v) is 4.81. The van der Waals surface area contributed by atoms with Crippen LogP contribution in [-0.4, -0.2) is 28.9 Å². The van der Waals surface area contributed by atoms with E-state index in [-0.39, 0.29) is 24.2 Å². The van der Waals surface area contributed by atoms with E-state index in [1.807, 2.05) is 88.4 Å². The van der Waals surface area contributed by atoms with E-state index >= 15 is 0 Å². The highest BCUT2D eigenvalue weighted by Gasteiger charge is 2.35. The Bertz CT molecular complexity index is 1300. The van der Waals surface area contributed by atoms with Gasteiger partial charge in [0.2, 0.25) is 11.8 Å². The maximum Gasteiger partial charge on any atom is 0.304 e. The smallest absolute Gasteiger partial charge is 0.304 e. The number of carbonyl (C=O) groups is 3. The number of carbonyl (C=O) groups excluding carboxylic acids is 2. The lowest BCUT2D eigenvalue weighted by Crippen LogP contribution is -2.55. The molecule has 40 heavy (non-hydrogen) atoms. The first-order chi connectivity index (χ1) is 19.0. The molecule has 0 saturated carbocycles. The summed E-state index contributed by atoms with van der Waals surface area (Å²) in [4.78, 5) is 38.3. The Morgan fingerprint density at radius 2 is 1.55 bits per heavy atom. The minimum absolute atomic E-state index is 0.261. The molecule has 0 aliphatic heterocycles. The number of aryl methyl sites for hydroxylation is 1. The summed E-state index contributed by atoms with van der Waals surface area (Å²) in [7, 11) is 0. The zero-order valence-corrected chi connectivity index (χ0v) is 23.6. The molecule has 2 amide bonds. The fraction of sp³-hybridized carbons (Fsp3) is 0.364. The number of carboxylic acid groups (broad SMARTS) is 1. The van der Waals surface area contributed by atoms with Crippen LogP contribution in [0, 0.1) is 17.2 Å². The topological polar surface area (TPSA) is 95.5 Å². The van der Waals surface area contributed by atoms with Crippen LogP contribution in [0.5, 0.6) is 0 Å². The second-order valence-corrected chi connectivity index (χ2v) is 11.3. The van der Waals surface area contributed by atoms with Crippen molar-refractivity contribution in [1.82, 2.24) is 10.6 Å². The molecule has 3 aromatic rings. The van der Waals surface area contributed by atoms with Crippen LogP contribution in [0.3, 0.4) is 0 Å². The van der Waals surface area contributed by atoms with Gasteiger partial charge >= 0.3 is 5.97 Å². The van der Waals surface area contributed by atoms with Gasteiger partial charge in [0.05, 0.1) is 12.5 Å². The predicted molar refractivity (Wildman–Crippen MR) is 155 cm³/mol. The van der Waals surface area contributed by atoms with E-state index in [2.05, 4.69) is 10.6 Å². The monoisotopic (exact) mass is 546 g/mol. The second kappa shape index (κ2) is 13.9. The molecule has 3 unspecified atom stereocenters. The van der Waals surface area contributed by atoms with Gasteiger partial charge in [-0.05, 0) is 66.0 Å². The summed E-state index contributed by atoms with van der Waals surface area (Å²) in [5.41, 5.74) is 2.99. The van der Waals surface area contributed by atoms with Gasteiger partial charge in [-0.3, -0.25) is 14.4 Å². The predicted octanol–water partition coefficient (Wildman–Crippen LogP) is 6.31. The number of nitrogens with one attached hydrogen (secondary N) is 2. The van der Waals surface area contributed by atoms with Gasteiger partial charge in [-0.15, -0.1) is 0 Å². The molecule has 0 fully saturated rings. The van der Waals surface area contributed by atoms with E-state index in [0.29, 0.717) is 19.3 Å². The van der Waals surface area contributed by atoms with Gasteiger partial charge in [0.25, 0.3) is 0 Å². The molecular weight excluding hydrogens is 507 g/mol. The van der Waals surface area contributed by atoms with Crippen molar-refractivity contribution in [3.63, 3.8) is 0 Å². The number of hydrogen-bond donors (Lipinski definition) is 3. The van der Waals surface area contributed by atoms with E-state index in [9.17, 15) is 23.9 Å². The summed E-state index contributed by atoms with van der Waals surface area (Å²) >= 11 is 0. The Labute approximate surface area is 236 Å². The van der Waals surface area contributed by atoms with Gasteiger partial charge in [0.15, 0.2) is 0 Å². The van der Waals surface area contributed by atoms with Crippen LogP contribution in [0.25, 0.3) is 11.1 Å². The lowest BCUT2D eigenvalue weighted by molar-refractivity contribution is -0.142. The Kier molecular flexibility index (Phi) is 10.6. The summed E-state index contributed by atoms with van der Waals surface area (Å²) in [6.45, 7) is 7.46. The highest BCUT2D eigenvalue weighted by atomic mass is 19.1. The van der Waals surface area contributed by atoms with Crippen LogP contribution in [0.4, 0.5) is 4.39 Å². The molecule has 3 aromatic carbocycles.